The van der Waals surface area contributed by atoms with E-state index in [0.29, 0.717) is 28.4 Å². The van der Waals surface area contributed by atoms with E-state index < -0.39 is 0 Å². The summed E-state index contributed by atoms with van der Waals surface area (Å²) in [6.45, 7) is 4.78. The van der Waals surface area contributed by atoms with Crippen LogP contribution in [-0.4, -0.2) is 36.6 Å². The van der Waals surface area contributed by atoms with E-state index in [1.165, 1.54) is 35.2 Å². The third-order valence-corrected chi connectivity index (χ3v) is 5.59. The quantitative estimate of drug-likeness (QED) is 0.529. The highest BCUT2D eigenvalue weighted by atomic mass is 32.2. The number of anilines is 1. The summed E-state index contributed by atoms with van der Waals surface area (Å²) in [5.74, 6) is 0.854. The van der Waals surface area contributed by atoms with Gasteiger partial charge in [0.25, 0.3) is 0 Å². The molecule has 3 aromatic rings. The minimum atomic E-state index is -0.319. The van der Waals surface area contributed by atoms with Crippen molar-refractivity contribution >= 4 is 34.1 Å². The van der Waals surface area contributed by atoms with E-state index in [4.69, 9.17) is 4.74 Å². The Balaban J connectivity index is 1.55. The Morgan fingerprint density at radius 2 is 2.00 bits per heavy atom. The second-order valence-electron chi connectivity index (χ2n) is 5.58. The molecule has 0 saturated heterocycles. The molecule has 0 fully saturated rings. The Morgan fingerprint density at radius 3 is 2.68 bits per heavy atom. The fourth-order valence-electron chi connectivity index (χ4n) is 2.26. The number of benzene rings is 1. The Hall–Kier alpha value is -2.53. The smallest absolute Gasteiger partial charge is 0.236 e. The van der Waals surface area contributed by atoms with Crippen LogP contribution in [0.4, 0.5) is 9.52 Å². The lowest BCUT2D eigenvalue weighted by Crippen LogP contribution is -2.14. The fraction of sp³-hybridized carbons (Fsp3) is 0.353. The van der Waals surface area contributed by atoms with Crippen molar-refractivity contribution in [2.75, 3.05) is 11.1 Å². The van der Waals surface area contributed by atoms with Crippen LogP contribution in [0.2, 0.25) is 0 Å². The molecule has 0 aliphatic heterocycles. The number of ether oxygens (including phenoxy) is 1. The second kappa shape index (κ2) is 9.60. The van der Waals surface area contributed by atoms with Crippen LogP contribution in [0.1, 0.15) is 24.7 Å². The zero-order valence-electron chi connectivity index (χ0n) is 15.4. The summed E-state index contributed by atoms with van der Waals surface area (Å²) in [6, 6.07) is 5.78. The topological polar surface area (TPSA) is 94.8 Å². The number of aryl methyl sites for hydroxylation is 1. The van der Waals surface area contributed by atoms with Gasteiger partial charge in [0.1, 0.15) is 23.2 Å². The van der Waals surface area contributed by atoms with Crippen molar-refractivity contribution in [1.82, 2.24) is 25.0 Å². The van der Waals surface area contributed by atoms with Crippen LogP contribution in [0.3, 0.4) is 0 Å². The lowest BCUT2D eigenvalue weighted by molar-refractivity contribution is -0.113. The standard InChI is InChI=1S/C17H19FN6O2S2/c1-3-15-21-22-16(28-15)19-14(25)10-27-17-23-20-13(24(17)4-2)9-26-12-7-5-11(18)6-8-12/h5-8H,3-4,9-10H2,1-2H3,(H,19,22,25). The summed E-state index contributed by atoms with van der Waals surface area (Å²) in [7, 11) is 0. The van der Waals surface area contributed by atoms with E-state index in [1.807, 2.05) is 18.4 Å². The molecule has 0 radical (unpaired) electrons. The molecule has 0 saturated carbocycles. The summed E-state index contributed by atoms with van der Waals surface area (Å²) >= 11 is 2.65. The number of carbonyl (C=O) groups excluding carboxylic acids is 1. The van der Waals surface area contributed by atoms with Crippen LogP contribution in [0, 0.1) is 5.82 Å². The molecule has 2 heterocycles. The van der Waals surface area contributed by atoms with Crippen LogP contribution in [0.25, 0.3) is 0 Å². The van der Waals surface area contributed by atoms with E-state index >= 15 is 0 Å². The van der Waals surface area contributed by atoms with Gasteiger partial charge in [-0.15, -0.1) is 20.4 Å². The predicted octanol–water partition coefficient (Wildman–Crippen LogP) is 3.16. The van der Waals surface area contributed by atoms with Gasteiger partial charge in [-0.05, 0) is 37.6 Å². The van der Waals surface area contributed by atoms with Gasteiger partial charge in [-0.2, -0.15) is 0 Å². The summed E-state index contributed by atoms with van der Waals surface area (Å²) < 4.78 is 20.5. The number of halogens is 1. The summed E-state index contributed by atoms with van der Waals surface area (Å²) in [5.41, 5.74) is 0. The van der Waals surface area contributed by atoms with E-state index in [2.05, 4.69) is 25.7 Å². The highest BCUT2D eigenvalue weighted by Crippen LogP contribution is 2.20. The Bertz CT molecular complexity index is 928. The monoisotopic (exact) mass is 422 g/mol. The number of hydrogen-bond donors (Lipinski definition) is 1. The minimum absolute atomic E-state index is 0.179. The first-order valence-corrected chi connectivity index (χ1v) is 10.4. The van der Waals surface area contributed by atoms with Crippen molar-refractivity contribution in [3.05, 3.63) is 40.9 Å². The summed E-state index contributed by atoms with van der Waals surface area (Å²) in [4.78, 5) is 12.1. The fourth-order valence-corrected chi connectivity index (χ4v) is 3.78. The Labute approximate surface area is 169 Å². The molecular formula is C17H19FN6O2S2. The van der Waals surface area contributed by atoms with Gasteiger partial charge in [-0.25, -0.2) is 4.39 Å². The van der Waals surface area contributed by atoms with Crippen molar-refractivity contribution in [2.24, 2.45) is 0 Å². The molecule has 0 spiro atoms. The normalized spacial score (nSPS) is 10.8. The second-order valence-corrected chi connectivity index (χ2v) is 7.58. The van der Waals surface area contributed by atoms with Gasteiger partial charge in [0, 0.05) is 6.54 Å². The maximum absolute atomic E-state index is 13.0. The molecule has 28 heavy (non-hydrogen) atoms. The average molecular weight is 423 g/mol. The van der Waals surface area contributed by atoms with Gasteiger partial charge in [0.2, 0.25) is 11.0 Å². The minimum Gasteiger partial charge on any atom is -0.486 e. The predicted molar refractivity (Wildman–Crippen MR) is 105 cm³/mol. The number of nitrogens with one attached hydrogen (secondary N) is 1. The first-order chi connectivity index (χ1) is 13.6. The van der Waals surface area contributed by atoms with Crippen LogP contribution in [0.5, 0.6) is 5.75 Å². The summed E-state index contributed by atoms with van der Waals surface area (Å²) in [5, 5.41) is 20.9. The molecule has 0 unspecified atom stereocenters. The van der Waals surface area contributed by atoms with Gasteiger partial charge in [0.15, 0.2) is 11.0 Å². The molecule has 8 nitrogen and oxygen atoms in total. The van der Waals surface area contributed by atoms with Gasteiger partial charge in [0.05, 0.1) is 5.75 Å². The molecule has 0 atom stereocenters. The lowest BCUT2D eigenvalue weighted by atomic mass is 10.3. The Kier molecular flexibility index (Phi) is 6.93. The van der Waals surface area contributed by atoms with Gasteiger partial charge in [-0.3, -0.25) is 10.1 Å². The molecule has 0 bridgehead atoms. The number of aromatic nitrogens is 5. The molecule has 1 N–H and O–H groups in total. The van der Waals surface area contributed by atoms with Gasteiger partial charge in [-0.1, -0.05) is 30.0 Å². The van der Waals surface area contributed by atoms with Crippen LogP contribution in [0.15, 0.2) is 29.4 Å². The number of hydrogen-bond acceptors (Lipinski definition) is 8. The third-order valence-electron chi connectivity index (χ3n) is 3.64. The highest BCUT2D eigenvalue weighted by molar-refractivity contribution is 7.99. The van der Waals surface area contributed by atoms with Crippen LogP contribution >= 0.6 is 23.1 Å². The van der Waals surface area contributed by atoms with Crippen LogP contribution in [-0.2, 0) is 24.4 Å². The maximum Gasteiger partial charge on any atom is 0.236 e. The maximum atomic E-state index is 13.0. The number of thioether (sulfide) groups is 1. The molecule has 1 amide bonds. The van der Waals surface area contributed by atoms with Crippen molar-refractivity contribution < 1.29 is 13.9 Å². The molecule has 1 aromatic carbocycles. The van der Waals surface area contributed by atoms with E-state index in [9.17, 15) is 9.18 Å². The number of rotatable bonds is 9. The van der Waals surface area contributed by atoms with E-state index in [0.717, 1.165) is 11.4 Å². The first-order valence-electron chi connectivity index (χ1n) is 8.64. The lowest BCUT2D eigenvalue weighted by Gasteiger charge is -2.08. The van der Waals surface area contributed by atoms with Crippen LogP contribution < -0.4 is 10.1 Å². The first kappa shape index (κ1) is 20.2. The molecule has 2 aromatic heterocycles. The zero-order chi connectivity index (χ0) is 19.9. The molecular weight excluding hydrogens is 403 g/mol. The van der Waals surface area contributed by atoms with E-state index in [-0.39, 0.29) is 24.1 Å². The summed E-state index contributed by atoms with van der Waals surface area (Å²) in [6.07, 6.45) is 0.782. The highest BCUT2D eigenvalue weighted by Gasteiger charge is 2.15. The molecule has 3 rings (SSSR count). The van der Waals surface area contributed by atoms with Crippen molar-refractivity contribution in [2.45, 2.75) is 38.6 Å². The van der Waals surface area contributed by atoms with Crippen molar-refractivity contribution in [3.63, 3.8) is 0 Å². The third kappa shape index (κ3) is 5.26. The van der Waals surface area contributed by atoms with Crippen molar-refractivity contribution in [1.29, 1.82) is 0 Å². The zero-order valence-corrected chi connectivity index (χ0v) is 17.0. The molecule has 148 valence electrons. The van der Waals surface area contributed by atoms with Gasteiger partial charge < -0.3 is 9.30 Å². The Morgan fingerprint density at radius 1 is 1.21 bits per heavy atom. The molecule has 0 aliphatic carbocycles. The molecule has 0 aliphatic rings. The van der Waals surface area contributed by atoms with E-state index in [1.54, 1.807) is 12.1 Å². The molecule has 11 heteroatoms. The number of carbonyl (C=O) groups is 1. The number of amides is 1. The SMILES string of the molecule is CCc1nnc(NC(=O)CSc2nnc(COc3ccc(F)cc3)n2CC)s1. The largest absolute Gasteiger partial charge is 0.486 e. The van der Waals surface area contributed by atoms with Gasteiger partial charge >= 0.3 is 0 Å². The van der Waals surface area contributed by atoms with Crippen molar-refractivity contribution in [3.8, 4) is 5.75 Å². The average Bonchev–Trinajstić information content (AvgIpc) is 3.32. The number of nitrogens with zero attached hydrogens (tertiary/aromatic N) is 5.